The summed E-state index contributed by atoms with van der Waals surface area (Å²) in [5.74, 6) is 1.78. The van der Waals surface area contributed by atoms with Gasteiger partial charge in [0, 0.05) is 37.0 Å². The molecule has 0 spiro atoms. The van der Waals surface area contributed by atoms with Crippen LogP contribution in [0.5, 0.6) is 11.5 Å². The van der Waals surface area contributed by atoms with E-state index in [1.165, 1.54) is 0 Å². The van der Waals surface area contributed by atoms with E-state index in [1.807, 2.05) is 49.4 Å². The highest BCUT2D eigenvalue weighted by Crippen LogP contribution is 2.38. The SMILES string of the molecule is CCOC(Cc1ccc(OCCc2nc(-c3ccccc3)oc2C)c2c1CCO2)C(=O)O. The fourth-order valence-corrected chi connectivity index (χ4v) is 3.88. The van der Waals surface area contributed by atoms with Crippen molar-refractivity contribution < 1.29 is 28.5 Å². The van der Waals surface area contributed by atoms with Crippen LogP contribution in [0.1, 0.15) is 29.5 Å². The number of benzene rings is 2. The minimum absolute atomic E-state index is 0.301. The van der Waals surface area contributed by atoms with Gasteiger partial charge in [-0.2, -0.15) is 0 Å². The van der Waals surface area contributed by atoms with E-state index in [0.717, 1.165) is 34.6 Å². The van der Waals surface area contributed by atoms with Crippen molar-refractivity contribution >= 4 is 5.97 Å². The van der Waals surface area contributed by atoms with Crippen molar-refractivity contribution in [3.63, 3.8) is 0 Å². The summed E-state index contributed by atoms with van der Waals surface area (Å²) in [6.07, 6.45) is 0.758. The Morgan fingerprint density at radius 3 is 2.78 bits per heavy atom. The topological polar surface area (TPSA) is 91.0 Å². The molecule has 2 aromatic carbocycles. The summed E-state index contributed by atoms with van der Waals surface area (Å²) in [4.78, 5) is 16.1. The van der Waals surface area contributed by atoms with E-state index in [-0.39, 0.29) is 0 Å². The van der Waals surface area contributed by atoms with Crippen LogP contribution in [0.3, 0.4) is 0 Å². The number of hydrogen-bond acceptors (Lipinski definition) is 6. The molecule has 1 aliphatic heterocycles. The molecule has 7 nitrogen and oxygen atoms in total. The quantitative estimate of drug-likeness (QED) is 0.507. The standard InChI is InChI=1S/C25H27NO6/c1-3-29-22(25(27)28)15-18-9-10-21(23-19(18)11-13-31-23)30-14-12-20-16(2)32-24(26-20)17-7-5-4-6-8-17/h4-10,22H,3,11-15H2,1-2H3,(H,27,28). The molecular weight excluding hydrogens is 410 g/mol. The van der Waals surface area contributed by atoms with Gasteiger partial charge in [-0.05, 0) is 37.6 Å². The molecule has 0 saturated heterocycles. The number of nitrogens with zero attached hydrogens (tertiary/aromatic N) is 1. The highest BCUT2D eigenvalue weighted by atomic mass is 16.5. The van der Waals surface area contributed by atoms with Crippen LogP contribution in [0.2, 0.25) is 0 Å². The lowest BCUT2D eigenvalue weighted by atomic mass is 9.99. The minimum Gasteiger partial charge on any atom is -0.489 e. The van der Waals surface area contributed by atoms with Gasteiger partial charge in [-0.25, -0.2) is 9.78 Å². The van der Waals surface area contributed by atoms with Crippen molar-refractivity contribution in [1.82, 2.24) is 4.98 Å². The second-order valence-electron chi connectivity index (χ2n) is 7.60. The number of aromatic nitrogens is 1. The summed E-state index contributed by atoms with van der Waals surface area (Å²) >= 11 is 0. The maximum absolute atomic E-state index is 11.5. The van der Waals surface area contributed by atoms with E-state index in [4.69, 9.17) is 18.6 Å². The number of carboxylic acids is 1. The number of rotatable bonds is 10. The van der Waals surface area contributed by atoms with Crippen LogP contribution in [0.4, 0.5) is 0 Å². The number of carbonyl (C=O) groups is 1. The fourth-order valence-electron chi connectivity index (χ4n) is 3.88. The molecule has 0 bridgehead atoms. The molecule has 4 rings (SSSR count). The molecule has 1 aromatic heterocycles. The lowest BCUT2D eigenvalue weighted by Gasteiger charge is -2.16. The largest absolute Gasteiger partial charge is 0.489 e. The van der Waals surface area contributed by atoms with Crippen LogP contribution in [-0.4, -0.2) is 42.0 Å². The van der Waals surface area contributed by atoms with Crippen LogP contribution in [0.15, 0.2) is 46.9 Å². The molecular formula is C25H27NO6. The maximum atomic E-state index is 11.5. The van der Waals surface area contributed by atoms with Gasteiger partial charge in [-0.15, -0.1) is 0 Å². The van der Waals surface area contributed by atoms with Crippen molar-refractivity contribution in [2.75, 3.05) is 19.8 Å². The average molecular weight is 437 g/mol. The van der Waals surface area contributed by atoms with Gasteiger partial charge in [0.05, 0.1) is 18.9 Å². The second kappa shape index (κ2) is 9.87. The summed E-state index contributed by atoms with van der Waals surface area (Å²) in [5, 5.41) is 9.40. The Hall–Kier alpha value is -3.32. The van der Waals surface area contributed by atoms with E-state index >= 15 is 0 Å². The number of aliphatic carboxylic acids is 1. The molecule has 3 aromatic rings. The number of carboxylic acid groups (broad SMARTS) is 1. The monoisotopic (exact) mass is 437 g/mol. The predicted molar refractivity (Wildman–Crippen MR) is 118 cm³/mol. The van der Waals surface area contributed by atoms with Gasteiger partial charge in [0.2, 0.25) is 5.89 Å². The van der Waals surface area contributed by atoms with Crippen LogP contribution < -0.4 is 9.47 Å². The number of fused-ring (bicyclic) bond motifs is 1. The Labute approximate surface area is 186 Å². The normalized spacial score (nSPS) is 13.4. The first-order chi connectivity index (χ1) is 15.6. The highest BCUT2D eigenvalue weighted by Gasteiger charge is 2.25. The molecule has 0 saturated carbocycles. The molecule has 7 heteroatoms. The zero-order valence-corrected chi connectivity index (χ0v) is 18.3. The first-order valence-electron chi connectivity index (χ1n) is 10.8. The van der Waals surface area contributed by atoms with Gasteiger partial charge in [0.1, 0.15) is 5.76 Å². The molecule has 2 heterocycles. The van der Waals surface area contributed by atoms with Crippen LogP contribution in [-0.2, 0) is 28.8 Å². The summed E-state index contributed by atoms with van der Waals surface area (Å²) in [5.41, 5.74) is 3.72. The molecule has 0 amide bonds. The summed E-state index contributed by atoms with van der Waals surface area (Å²) in [7, 11) is 0. The van der Waals surface area contributed by atoms with Gasteiger partial charge in [-0.3, -0.25) is 0 Å². The third-order valence-corrected chi connectivity index (χ3v) is 5.48. The maximum Gasteiger partial charge on any atom is 0.333 e. The first-order valence-corrected chi connectivity index (χ1v) is 10.8. The van der Waals surface area contributed by atoms with E-state index in [9.17, 15) is 9.90 Å². The number of hydrogen-bond donors (Lipinski definition) is 1. The van der Waals surface area contributed by atoms with Crippen molar-refractivity contribution in [3.05, 3.63) is 65.0 Å². The van der Waals surface area contributed by atoms with Crippen molar-refractivity contribution in [2.45, 2.75) is 39.2 Å². The minimum atomic E-state index is -0.960. The first kappa shape index (κ1) is 21.9. The van der Waals surface area contributed by atoms with E-state index in [0.29, 0.717) is 50.1 Å². The summed E-state index contributed by atoms with van der Waals surface area (Å²) in [6, 6.07) is 13.5. The Kier molecular flexibility index (Phi) is 6.75. The van der Waals surface area contributed by atoms with E-state index in [2.05, 4.69) is 4.98 Å². The zero-order chi connectivity index (χ0) is 22.5. The third kappa shape index (κ3) is 4.78. The van der Waals surface area contributed by atoms with Crippen LogP contribution >= 0.6 is 0 Å². The average Bonchev–Trinajstić information content (AvgIpc) is 3.43. The van der Waals surface area contributed by atoms with E-state index < -0.39 is 12.1 Å². The lowest BCUT2D eigenvalue weighted by Crippen LogP contribution is -2.26. The molecule has 0 aliphatic carbocycles. The number of oxazole rings is 1. The van der Waals surface area contributed by atoms with Crippen LogP contribution in [0, 0.1) is 6.92 Å². The van der Waals surface area contributed by atoms with Gasteiger partial charge in [0.25, 0.3) is 0 Å². The Morgan fingerprint density at radius 2 is 2.03 bits per heavy atom. The smallest absolute Gasteiger partial charge is 0.333 e. The van der Waals surface area contributed by atoms with Gasteiger partial charge in [-0.1, -0.05) is 24.3 Å². The predicted octanol–water partition coefficient (Wildman–Crippen LogP) is 4.24. The zero-order valence-electron chi connectivity index (χ0n) is 18.3. The molecule has 32 heavy (non-hydrogen) atoms. The third-order valence-electron chi connectivity index (χ3n) is 5.48. The molecule has 168 valence electrons. The van der Waals surface area contributed by atoms with Gasteiger partial charge >= 0.3 is 5.97 Å². The number of aryl methyl sites for hydroxylation is 1. The lowest BCUT2D eigenvalue weighted by molar-refractivity contribution is -0.149. The summed E-state index contributed by atoms with van der Waals surface area (Å²) < 4.78 is 23.0. The molecule has 1 unspecified atom stereocenters. The van der Waals surface area contributed by atoms with Gasteiger partial charge in [0.15, 0.2) is 17.6 Å². The fraction of sp³-hybridized carbons (Fsp3) is 0.360. The molecule has 0 fully saturated rings. The van der Waals surface area contributed by atoms with Crippen molar-refractivity contribution in [3.8, 4) is 23.0 Å². The van der Waals surface area contributed by atoms with Crippen molar-refractivity contribution in [2.24, 2.45) is 0 Å². The Bertz CT molecular complexity index is 1080. The van der Waals surface area contributed by atoms with Crippen LogP contribution in [0.25, 0.3) is 11.5 Å². The molecule has 1 atom stereocenters. The van der Waals surface area contributed by atoms with E-state index in [1.54, 1.807) is 6.92 Å². The second-order valence-corrected chi connectivity index (χ2v) is 7.60. The summed E-state index contributed by atoms with van der Waals surface area (Å²) in [6.45, 7) is 5.02. The Balaban J connectivity index is 1.43. The molecule has 1 N–H and O–H groups in total. The highest BCUT2D eigenvalue weighted by molar-refractivity contribution is 5.73. The molecule has 0 radical (unpaired) electrons. The number of ether oxygens (including phenoxy) is 3. The van der Waals surface area contributed by atoms with Gasteiger partial charge < -0.3 is 23.7 Å². The molecule has 1 aliphatic rings. The van der Waals surface area contributed by atoms with Crippen molar-refractivity contribution in [1.29, 1.82) is 0 Å². The Morgan fingerprint density at radius 1 is 1.22 bits per heavy atom.